The molecule has 2 fully saturated rings. The summed E-state index contributed by atoms with van der Waals surface area (Å²) in [6.45, 7) is 2.14. The molecule has 0 unspecified atom stereocenters. The molecule has 31 nitrogen and oxygen atoms in total. The van der Waals surface area contributed by atoms with E-state index in [4.69, 9.17) is 11.5 Å². The van der Waals surface area contributed by atoms with Crippen molar-refractivity contribution in [2.24, 2.45) is 11.5 Å². The molecule has 98 heavy (non-hydrogen) atoms. The Hall–Kier alpha value is -7.89. The van der Waals surface area contributed by atoms with Crippen molar-refractivity contribution in [1.29, 1.82) is 0 Å². The Morgan fingerprint density at radius 3 is 1.86 bits per heavy atom. The first-order valence-corrected chi connectivity index (χ1v) is 34.4. The quantitative estimate of drug-likeness (QED) is 0.0165. The van der Waals surface area contributed by atoms with E-state index in [-0.39, 0.29) is 112 Å². The molecule has 2 saturated heterocycles. The van der Waals surface area contributed by atoms with Crippen molar-refractivity contribution in [3.05, 3.63) is 102 Å². The van der Waals surface area contributed by atoms with Gasteiger partial charge in [-0.2, -0.15) is 0 Å². The summed E-state index contributed by atoms with van der Waals surface area (Å²) < 4.78 is 0. The summed E-state index contributed by atoms with van der Waals surface area (Å²) in [5, 5.41) is 82.7. The van der Waals surface area contributed by atoms with Crippen LogP contribution in [0.15, 0.2) is 85.1 Å². The first-order chi connectivity index (χ1) is 46.3. The number of carboxylic acids is 3. The Morgan fingerprint density at radius 2 is 1.26 bits per heavy atom. The molecule has 1 aromatic heterocycles. The minimum absolute atomic E-state index is 0. The molecule has 4 aromatic rings. The smallest absolute Gasteiger partial charge is 0.320 e. The molecular formula is C64H90CuN14O17S2. The van der Waals surface area contributed by atoms with E-state index in [2.05, 4.69) is 47.5 Å². The van der Waals surface area contributed by atoms with Crippen LogP contribution >= 0.6 is 21.6 Å². The van der Waals surface area contributed by atoms with Gasteiger partial charge in [0, 0.05) is 117 Å². The molecule has 34 heteroatoms. The molecule has 1 radical (unpaired) electrons. The zero-order valence-corrected chi connectivity index (χ0v) is 56.9. The number of hydrogen-bond donors (Lipinski definition) is 17. The van der Waals surface area contributed by atoms with Crippen LogP contribution in [0.3, 0.4) is 0 Å². The van der Waals surface area contributed by atoms with Crippen molar-refractivity contribution in [1.82, 2.24) is 62.2 Å². The van der Waals surface area contributed by atoms with Crippen LogP contribution < -0.4 is 54.0 Å². The van der Waals surface area contributed by atoms with Crippen molar-refractivity contribution in [2.75, 3.05) is 77.0 Å². The van der Waals surface area contributed by atoms with Gasteiger partial charge in [-0.25, -0.2) is 0 Å². The van der Waals surface area contributed by atoms with Crippen LogP contribution in [0.5, 0.6) is 5.75 Å². The van der Waals surface area contributed by atoms with Gasteiger partial charge in [0.2, 0.25) is 47.3 Å². The van der Waals surface area contributed by atoms with Crippen LogP contribution in [0.25, 0.3) is 10.9 Å². The van der Waals surface area contributed by atoms with Gasteiger partial charge in [0.1, 0.15) is 54.1 Å². The Balaban J connectivity index is 0.0000173. The summed E-state index contributed by atoms with van der Waals surface area (Å²) in [4.78, 5) is 162. The number of phenols is 1. The number of rotatable bonds is 27. The molecular weight excluding hydrogens is 1370 g/mol. The molecule has 8 amide bonds. The van der Waals surface area contributed by atoms with Crippen LogP contribution in [-0.4, -0.2) is 259 Å². The van der Waals surface area contributed by atoms with Gasteiger partial charge in [0.25, 0.3) is 0 Å². The maximum Gasteiger partial charge on any atom is 0.320 e. The molecule has 3 aromatic carbocycles. The summed E-state index contributed by atoms with van der Waals surface area (Å²) in [6.07, 6.45) is -0.348. The van der Waals surface area contributed by atoms with Gasteiger partial charge in [-0.1, -0.05) is 82.3 Å². The predicted molar refractivity (Wildman–Crippen MR) is 360 cm³/mol. The second kappa shape index (κ2) is 40.9. The summed E-state index contributed by atoms with van der Waals surface area (Å²) in [5.74, 6) is -11.6. The number of aliphatic hydroxyl groups excluding tert-OH is 2. The molecule has 541 valence electrons. The predicted octanol–water partition coefficient (Wildman–Crippen LogP) is -2.66. The Bertz CT molecular complexity index is 3290. The number of carboxylic acid groups (broad SMARTS) is 3. The average molecular weight is 1460 g/mol. The van der Waals surface area contributed by atoms with Crippen molar-refractivity contribution in [3.63, 3.8) is 0 Å². The Morgan fingerprint density at radius 1 is 0.673 bits per heavy atom. The maximum atomic E-state index is 15.2. The number of unbranched alkanes of at least 4 members (excludes halogenated alkanes) is 1. The number of phenolic OH excluding ortho intramolecular Hbond substituents is 1. The standard InChI is InChI=1S/C64H90N14O17S2.Cu/c1-37(66)56-63(93)74-51(62(92)72-49(34-79)38(2)80)36-97-96-35-50(73-58(88)46(28-39-10-4-3-5-11-39)68-53(82)20-19-52(64(94)95)78-26-24-76(32-54(83)84)22-23-77(25-27-78)33-55(85)86)61(91)70-47(29-40-15-17-42(81)18-16-40)59(89)71-48(30-41-31-67-44-13-7-6-12-43(41)44)60(90)69-45(57(87)75-56)14-8-9-21-65;/h3-7,10-13,15-18,31,37-38,45-52,56,67,79-81H,8-9,14,19-30,32-36,65-66H2,1-2H3,(H,68,82)(H,69,90)(H,70,91)(H,71,89)(H,72,92)(H,73,88)(H,74,93)(H,75,87)(H,83,84)(H,85,86)(H,94,95);/t37-,38-,45+,46-,47+,48-,49-,50+,51+,52-,56+;/m1./s1/i;1+3. The number of carbonyl (C=O) groups excluding carboxylic acids is 8. The van der Waals surface area contributed by atoms with E-state index in [1.807, 2.05) is 0 Å². The molecule has 0 bridgehead atoms. The monoisotopic (exact) mass is 1460 g/mol. The van der Waals surface area contributed by atoms with E-state index in [1.54, 1.807) is 70.6 Å². The van der Waals surface area contributed by atoms with Gasteiger partial charge in [-0.15, -0.1) is 0 Å². The fraction of sp³-hybridized carbons (Fsp3) is 0.516. The Labute approximate surface area is 585 Å². The number of amides is 8. The molecule has 11 atom stereocenters. The second-order valence-corrected chi connectivity index (χ2v) is 26.6. The first-order valence-electron chi connectivity index (χ1n) is 32.0. The number of hydrogen-bond acceptors (Lipinski definition) is 21. The zero-order chi connectivity index (χ0) is 70.7. The SMILES string of the molecule is C[C@@H](N)[C@@H]1NC(=O)[C@H](CCCCN)NC(=O)[C@@H](Cc2c[nH]c3ccccc23)NC(=O)[C@H](Cc2ccc(O)cc2)NC(=O)[C@@H](NC(=O)[C@@H](Cc2ccccc2)NC(=O)CC[C@H](C(=O)O)N2CCN(CC(=O)O)CCN(CC(=O)O)CC2)CSSC[C@@H](C(=O)N[C@H](CO)[C@@H](C)O)NC1=O.[67Cu]. The fourth-order valence-electron chi connectivity index (χ4n) is 11.0. The average Bonchev–Trinajstić information content (AvgIpc) is 1.13. The van der Waals surface area contributed by atoms with E-state index in [0.29, 0.717) is 40.4 Å². The van der Waals surface area contributed by atoms with Gasteiger partial charge in [0.15, 0.2) is 0 Å². The van der Waals surface area contributed by atoms with E-state index in [9.17, 15) is 69.0 Å². The molecule has 2 aliphatic rings. The van der Waals surface area contributed by atoms with Crippen molar-refractivity contribution in [2.45, 2.75) is 132 Å². The maximum absolute atomic E-state index is 15.2. The number of aromatic amines is 1. The summed E-state index contributed by atoms with van der Waals surface area (Å²) >= 11 is 0. The number of aromatic nitrogens is 1. The molecule has 0 saturated carbocycles. The molecule has 3 heterocycles. The summed E-state index contributed by atoms with van der Waals surface area (Å²) in [7, 11) is 1.84. The minimum Gasteiger partial charge on any atom is -0.508 e. The van der Waals surface area contributed by atoms with Gasteiger partial charge in [-0.05, 0) is 81.0 Å². The van der Waals surface area contributed by atoms with Gasteiger partial charge in [0.05, 0.1) is 31.8 Å². The van der Waals surface area contributed by atoms with Crippen molar-refractivity contribution < 1.29 is 100 Å². The second-order valence-electron chi connectivity index (χ2n) is 24.1. The van der Waals surface area contributed by atoms with E-state index < -0.39 is 158 Å². The number of nitrogens with one attached hydrogen (secondary N) is 9. The first kappa shape index (κ1) is 80.8. The number of nitrogens with zero attached hydrogens (tertiary/aromatic N) is 3. The summed E-state index contributed by atoms with van der Waals surface area (Å²) in [5.41, 5.74) is 14.4. The molecule has 19 N–H and O–H groups in total. The Kier molecular flexibility index (Phi) is 33.7. The van der Waals surface area contributed by atoms with E-state index in [0.717, 1.165) is 21.6 Å². The third-order valence-corrected chi connectivity index (χ3v) is 18.9. The number of fused-ring (bicyclic) bond motifs is 1. The van der Waals surface area contributed by atoms with Gasteiger partial charge < -0.3 is 89.6 Å². The minimum atomic E-state index is -1.62. The van der Waals surface area contributed by atoms with E-state index >= 15 is 14.4 Å². The molecule has 6 rings (SSSR count). The largest absolute Gasteiger partial charge is 0.508 e. The van der Waals surface area contributed by atoms with Gasteiger partial charge >= 0.3 is 17.9 Å². The van der Waals surface area contributed by atoms with Gasteiger partial charge in [-0.3, -0.25) is 67.4 Å². The number of para-hydroxylation sites is 1. The van der Waals surface area contributed by atoms with Crippen LogP contribution in [0.1, 0.15) is 62.6 Å². The molecule has 0 aliphatic carbocycles. The van der Waals surface area contributed by atoms with Crippen LogP contribution in [0.4, 0.5) is 0 Å². The molecule has 2 aliphatic heterocycles. The molecule has 0 spiro atoms. The number of aromatic hydroxyl groups is 1. The van der Waals surface area contributed by atoms with Crippen molar-refractivity contribution >= 4 is 97.7 Å². The number of nitrogens with two attached hydrogens (primary N) is 2. The van der Waals surface area contributed by atoms with Crippen LogP contribution in [-0.2, 0) is 89.1 Å². The third kappa shape index (κ3) is 26.1. The van der Waals surface area contributed by atoms with E-state index in [1.165, 1.54) is 43.0 Å². The number of aliphatic hydroxyl groups is 2. The number of benzene rings is 3. The topological polar surface area (TPSA) is 483 Å². The number of carbonyl (C=O) groups is 11. The fourth-order valence-corrected chi connectivity index (χ4v) is 13.4. The van der Waals surface area contributed by atoms with Crippen LogP contribution in [0, 0.1) is 0 Å². The normalized spacial score (nSPS) is 21.8. The number of aliphatic carboxylic acids is 3. The summed E-state index contributed by atoms with van der Waals surface area (Å²) in [6, 6.07) is 7.07. The third-order valence-electron chi connectivity index (χ3n) is 16.5. The number of H-pyrrole nitrogens is 1. The zero-order valence-electron chi connectivity index (χ0n) is 54.4. The van der Waals surface area contributed by atoms with Crippen molar-refractivity contribution in [3.8, 4) is 5.75 Å². The van der Waals surface area contributed by atoms with Crippen LogP contribution in [0.2, 0.25) is 0 Å².